The molecule has 1 aliphatic rings. The van der Waals surface area contributed by atoms with Crippen LogP contribution in [0.25, 0.3) is 0 Å². The van der Waals surface area contributed by atoms with Crippen molar-refractivity contribution in [3.05, 3.63) is 35.4 Å². The first-order valence-electron chi connectivity index (χ1n) is 7.52. The van der Waals surface area contributed by atoms with Gasteiger partial charge in [-0.1, -0.05) is 19.4 Å². The van der Waals surface area contributed by atoms with E-state index in [2.05, 4.69) is 32.0 Å². The molecule has 2 atom stereocenters. The van der Waals surface area contributed by atoms with Gasteiger partial charge in [-0.2, -0.15) is 5.26 Å². The Morgan fingerprint density at radius 1 is 1.43 bits per heavy atom. The number of hydrogen-bond acceptors (Lipinski definition) is 3. The van der Waals surface area contributed by atoms with E-state index in [1.54, 1.807) is 24.3 Å². The van der Waals surface area contributed by atoms with Crippen molar-refractivity contribution in [2.75, 3.05) is 27.2 Å². The van der Waals surface area contributed by atoms with Gasteiger partial charge in [0, 0.05) is 24.7 Å². The van der Waals surface area contributed by atoms with Gasteiger partial charge in [0.15, 0.2) is 0 Å². The summed E-state index contributed by atoms with van der Waals surface area (Å²) in [5.41, 5.74) is 1.15. The molecule has 0 aromatic heterocycles. The summed E-state index contributed by atoms with van der Waals surface area (Å²) >= 11 is 0. The summed E-state index contributed by atoms with van der Waals surface area (Å²) < 4.78 is 0. The Morgan fingerprint density at radius 3 is 2.81 bits per heavy atom. The van der Waals surface area contributed by atoms with Crippen molar-refractivity contribution >= 4 is 5.91 Å². The summed E-state index contributed by atoms with van der Waals surface area (Å²) in [6.07, 6.45) is 2.28. The molecule has 112 valence electrons. The number of hydrogen-bond donors (Lipinski definition) is 0. The Bertz CT molecular complexity index is 547. The van der Waals surface area contributed by atoms with E-state index in [0.29, 0.717) is 23.1 Å². The molecule has 0 N–H and O–H groups in total. The van der Waals surface area contributed by atoms with Crippen LogP contribution in [0.2, 0.25) is 0 Å². The molecule has 1 aliphatic heterocycles. The Balaban J connectivity index is 2.15. The molecule has 1 fully saturated rings. The van der Waals surface area contributed by atoms with Crippen LogP contribution >= 0.6 is 0 Å². The lowest BCUT2D eigenvalue weighted by Gasteiger charge is -2.24. The van der Waals surface area contributed by atoms with E-state index in [0.717, 1.165) is 25.9 Å². The highest BCUT2D eigenvalue weighted by Gasteiger charge is 2.36. The van der Waals surface area contributed by atoms with Gasteiger partial charge in [0.25, 0.3) is 5.91 Å². The molecule has 21 heavy (non-hydrogen) atoms. The third kappa shape index (κ3) is 3.43. The Morgan fingerprint density at radius 2 is 2.19 bits per heavy atom. The highest BCUT2D eigenvalue weighted by atomic mass is 16.2. The maximum atomic E-state index is 12.6. The fourth-order valence-electron chi connectivity index (χ4n) is 3.16. The molecule has 0 unspecified atom stereocenters. The smallest absolute Gasteiger partial charge is 0.253 e. The van der Waals surface area contributed by atoms with Crippen LogP contribution in [-0.2, 0) is 0 Å². The van der Waals surface area contributed by atoms with E-state index in [9.17, 15) is 4.79 Å². The van der Waals surface area contributed by atoms with Gasteiger partial charge in [-0.15, -0.1) is 0 Å². The monoisotopic (exact) mass is 285 g/mol. The van der Waals surface area contributed by atoms with E-state index in [4.69, 9.17) is 5.26 Å². The molecule has 0 spiro atoms. The largest absolute Gasteiger partial charge is 0.337 e. The molecule has 4 nitrogen and oxygen atoms in total. The van der Waals surface area contributed by atoms with Crippen molar-refractivity contribution in [1.29, 1.82) is 5.26 Å². The molecular weight excluding hydrogens is 262 g/mol. The van der Waals surface area contributed by atoms with Crippen molar-refractivity contribution < 1.29 is 4.79 Å². The van der Waals surface area contributed by atoms with Crippen LogP contribution < -0.4 is 0 Å². The minimum atomic E-state index is 0.0394. The Labute approximate surface area is 127 Å². The summed E-state index contributed by atoms with van der Waals surface area (Å²) in [4.78, 5) is 16.8. The first kappa shape index (κ1) is 15.5. The fourth-order valence-corrected chi connectivity index (χ4v) is 3.16. The number of carbonyl (C=O) groups excluding carboxylic acids is 1. The Kier molecular flexibility index (Phi) is 4.98. The molecule has 0 saturated carbocycles. The highest BCUT2D eigenvalue weighted by Crippen LogP contribution is 2.26. The zero-order valence-corrected chi connectivity index (χ0v) is 13.0. The molecule has 2 rings (SSSR count). The summed E-state index contributed by atoms with van der Waals surface area (Å²) in [6.45, 7) is 3.77. The average molecular weight is 285 g/mol. The zero-order valence-electron chi connectivity index (χ0n) is 13.0. The number of nitrogens with zero attached hydrogens (tertiary/aromatic N) is 3. The molecular formula is C17H23N3O. The first-order chi connectivity index (χ1) is 10.1. The number of rotatable bonds is 4. The van der Waals surface area contributed by atoms with Gasteiger partial charge < -0.3 is 9.80 Å². The lowest BCUT2D eigenvalue weighted by molar-refractivity contribution is 0.0781. The van der Waals surface area contributed by atoms with Crippen LogP contribution in [0, 0.1) is 17.2 Å². The van der Waals surface area contributed by atoms with Gasteiger partial charge in [0.05, 0.1) is 11.6 Å². The van der Waals surface area contributed by atoms with Crippen LogP contribution in [0.4, 0.5) is 0 Å². The number of carbonyl (C=O) groups is 1. The van der Waals surface area contributed by atoms with Crippen molar-refractivity contribution in [3.63, 3.8) is 0 Å². The number of benzene rings is 1. The minimum Gasteiger partial charge on any atom is -0.337 e. The predicted octanol–water partition coefficient (Wildman–Crippen LogP) is 2.36. The predicted molar refractivity (Wildman–Crippen MR) is 82.9 cm³/mol. The van der Waals surface area contributed by atoms with E-state index >= 15 is 0 Å². The maximum Gasteiger partial charge on any atom is 0.253 e. The topological polar surface area (TPSA) is 47.3 Å². The van der Waals surface area contributed by atoms with Crippen molar-refractivity contribution in [1.82, 2.24) is 9.80 Å². The molecule has 1 heterocycles. The van der Waals surface area contributed by atoms with Gasteiger partial charge in [-0.25, -0.2) is 0 Å². The third-order valence-corrected chi connectivity index (χ3v) is 4.26. The second kappa shape index (κ2) is 6.73. The van der Waals surface area contributed by atoms with Gasteiger partial charge in [-0.3, -0.25) is 4.79 Å². The van der Waals surface area contributed by atoms with Crippen molar-refractivity contribution in [2.45, 2.75) is 25.8 Å². The van der Waals surface area contributed by atoms with Crippen LogP contribution in [0.5, 0.6) is 0 Å². The molecule has 1 aromatic rings. The lowest BCUT2D eigenvalue weighted by Crippen LogP contribution is -2.36. The summed E-state index contributed by atoms with van der Waals surface area (Å²) in [5, 5.41) is 8.95. The summed E-state index contributed by atoms with van der Waals surface area (Å²) in [7, 11) is 4.16. The molecule has 4 heteroatoms. The summed E-state index contributed by atoms with van der Waals surface area (Å²) in [5.74, 6) is 0.575. The lowest BCUT2D eigenvalue weighted by atomic mass is 9.98. The van der Waals surface area contributed by atoms with Gasteiger partial charge >= 0.3 is 0 Å². The second-order valence-electron chi connectivity index (χ2n) is 5.98. The molecule has 0 radical (unpaired) electrons. The van der Waals surface area contributed by atoms with E-state index in [-0.39, 0.29) is 5.91 Å². The zero-order chi connectivity index (χ0) is 15.4. The fraction of sp³-hybridized carbons (Fsp3) is 0.529. The van der Waals surface area contributed by atoms with E-state index in [1.807, 2.05) is 4.90 Å². The van der Waals surface area contributed by atoms with Crippen molar-refractivity contribution in [3.8, 4) is 6.07 Å². The van der Waals surface area contributed by atoms with Crippen molar-refractivity contribution in [2.24, 2.45) is 5.92 Å². The van der Waals surface area contributed by atoms with Gasteiger partial charge in [0.1, 0.15) is 0 Å². The minimum absolute atomic E-state index is 0.0394. The van der Waals surface area contributed by atoms with Crippen LogP contribution in [0.3, 0.4) is 0 Å². The second-order valence-corrected chi connectivity index (χ2v) is 5.98. The van der Waals surface area contributed by atoms with Crippen LogP contribution in [-0.4, -0.2) is 48.9 Å². The van der Waals surface area contributed by atoms with Gasteiger partial charge in [-0.05, 0) is 44.6 Å². The molecule has 1 saturated heterocycles. The molecule has 0 bridgehead atoms. The normalized spacial score (nSPS) is 21.6. The highest BCUT2D eigenvalue weighted by molar-refractivity contribution is 5.94. The van der Waals surface area contributed by atoms with Crippen LogP contribution in [0.1, 0.15) is 35.7 Å². The Hall–Kier alpha value is -1.86. The van der Waals surface area contributed by atoms with Gasteiger partial charge in [0.2, 0.25) is 0 Å². The first-order valence-corrected chi connectivity index (χ1v) is 7.52. The molecule has 1 aromatic carbocycles. The third-order valence-electron chi connectivity index (χ3n) is 4.26. The number of amides is 1. The number of likely N-dealkylation sites (N-methyl/N-ethyl adjacent to an activating group) is 1. The molecule has 1 amide bonds. The maximum absolute atomic E-state index is 12.6. The summed E-state index contributed by atoms with van der Waals surface area (Å²) in [6, 6.07) is 9.49. The van der Waals surface area contributed by atoms with Crippen LogP contribution in [0.15, 0.2) is 24.3 Å². The number of nitriles is 1. The average Bonchev–Trinajstić information content (AvgIpc) is 2.91. The number of likely N-dealkylation sites (tertiary alicyclic amines) is 1. The molecule has 0 aliphatic carbocycles. The van der Waals surface area contributed by atoms with E-state index in [1.165, 1.54) is 0 Å². The SMILES string of the molecule is CCC[C@@H]1CN(C(=O)c2cccc(C#N)c2)C[C@H]1N(C)C. The van der Waals surface area contributed by atoms with E-state index < -0.39 is 0 Å². The standard InChI is InChI=1S/C17H23N3O/c1-4-6-15-11-20(12-16(15)19(2)3)17(21)14-8-5-7-13(9-14)10-18/h5,7-9,15-16H,4,6,11-12H2,1-3H3/t15-,16-/m1/s1. The quantitative estimate of drug-likeness (QED) is 0.853.